The highest BCUT2D eigenvalue weighted by Crippen LogP contribution is 2.49. The van der Waals surface area contributed by atoms with E-state index >= 15 is 0 Å². The number of nitrogens with zero attached hydrogens (tertiary/aromatic N) is 2. The number of allylic oxidation sites excluding steroid dienone is 2. The van der Waals surface area contributed by atoms with Crippen LogP contribution < -0.4 is 0 Å². The number of methoxy groups -OCH3 is 2. The van der Waals surface area contributed by atoms with Gasteiger partial charge in [-0.15, -0.1) is 0 Å². The van der Waals surface area contributed by atoms with E-state index in [2.05, 4.69) is 47.9 Å². The van der Waals surface area contributed by atoms with Gasteiger partial charge in [0.05, 0.1) is 64.6 Å². The topological polar surface area (TPSA) is 205 Å². The first-order chi connectivity index (χ1) is 47.3. The lowest BCUT2D eigenvalue weighted by Gasteiger charge is -2.43. The molecule has 2 aromatic rings. The van der Waals surface area contributed by atoms with E-state index in [1.165, 1.54) is 26.4 Å². The van der Waals surface area contributed by atoms with Crippen LogP contribution in [0.4, 0.5) is 4.39 Å². The van der Waals surface area contributed by atoms with Gasteiger partial charge in [0.15, 0.2) is 0 Å². The molecule has 4 aliphatic heterocycles. The van der Waals surface area contributed by atoms with E-state index in [-0.39, 0.29) is 90.7 Å². The third-order valence-electron chi connectivity index (χ3n) is 21.0. The standard InChI is InChI=1S/C80H123FN2O14/c1-5-7-28-42-71(96-75(88)58-82-63-50-52-67(82)77(79(90)92-3)65(56-63)60-38-30-27-31-39-60)69(84)40-32-21-15-9-11-17-23-34-44-73(86)94-54-36-25-19-13-14-20-26-37-55-95-74(87)45-35-24-18-12-10-16-22-33-41-70(85)72(43-29-8-6-2)97-76(89)59-83-64-51-53-68(83)78(80(91)93-4)66(57-64)61-46-48-62(81)49-47-61/h21-22,27,30-33,38-39,46-49,63-72,77-78,84-85H,5-20,23-26,28-29,34-37,40-45,50-59H2,1-4H3/t63-,64+,65-,66+,67?,68?,69?,70?,71?,72?,77?,78?/m1/s1. The monoisotopic (exact) mass is 1350 g/mol. The fraction of sp³-hybridized carbons (Fsp3) is 0.725. The zero-order valence-electron chi connectivity index (χ0n) is 59.7. The number of fused-ring (bicyclic) bond motifs is 4. The Balaban J connectivity index is 0.692. The zero-order chi connectivity index (χ0) is 69.4. The molecule has 0 saturated carbocycles. The fourth-order valence-electron chi connectivity index (χ4n) is 15.6. The van der Waals surface area contributed by atoms with Gasteiger partial charge < -0.3 is 38.6 Å². The fourth-order valence-corrected chi connectivity index (χ4v) is 15.6. The van der Waals surface area contributed by atoms with E-state index < -0.39 is 36.3 Å². The predicted molar refractivity (Wildman–Crippen MR) is 377 cm³/mol. The van der Waals surface area contributed by atoms with Gasteiger partial charge in [-0.1, -0.05) is 183 Å². The molecule has 97 heavy (non-hydrogen) atoms. The molecule has 16 nitrogen and oxygen atoms in total. The van der Waals surface area contributed by atoms with Crippen LogP contribution in [0.3, 0.4) is 0 Å². The summed E-state index contributed by atoms with van der Waals surface area (Å²) in [5.74, 6) is -2.77. The third-order valence-corrected chi connectivity index (χ3v) is 21.0. The third kappa shape index (κ3) is 28.6. The molecule has 4 bridgehead atoms. The first-order valence-corrected chi connectivity index (χ1v) is 38.1. The quantitative estimate of drug-likeness (QED) is 0.0273. The number of carbonyl (C=O) groups is 6. The molecule has 0 aliphatic carbocycles. The summed E-state index contributed by atoms with van der Waals surface area (Å²) in [4.78, 5) is 82.4. The van der Waals surface area contributed by atoms with E-state index in [9.17, 15) is 43.4 Å². The number of hydrogen-bond donors (Lipinski definition) is 2. The Morgan fingerprint density at radius 2 is 0.866 bits per heavy atom. The summed E-state index contributed by atoms with van der Waals surface area (Å²) >= 11 is 0. The van der Waals surface area contributed by atoms with E-state index in [1.54, 1.807) is 12.1 Å². The van der Waals surface area contributed by atoms with Crippen LogP contribution in [0, 0.1) is 17.7 Å². The van der Waals surface area contributed by atoms with Crippen LogP contribution in [0.15, 0.2) is 78.9 Å². The molecule has 6 rings (SSSR count). The number of esters is 6. The summed E-state index contributed by atoms with van der Waals surface area (Å²) in [6.07, 6.45) is 38.9. The van der Waals surface area contributed by atoms with Gasteiger partial charge in [-0.2, -0.15) is 0 Å². The number of aliphatic hydroxyl groups excluding tert-OH is 2. The SMILES string of the molecule is CCCCCC(OC(=O)CN1C2CC[C@@H]1C[C@H](c1ccccc1)C2C(=O)OC)C(O)CC=CCCCCCCCC(=O)OCCCCCCCCCCOC(=O)CCCCCCCC=CCC(O)C(CCCCC)OC(=O)CN1C2CC[C@H]1C[C@@H](c1ccc(F)cc1)C2C(=O)OC. The van der Waals surface area contributed by atoms with Crippen molar-refractivity contribution >= 4 is 35.8 Å². The van der Waals surface area contributed by atoms with Gasteiger partial charge in [0, 0.05) is 48.8 Å². The lowest BCUT2D eigenvalue weighted by atomic mass is 9.76. The number of unbranched alkanes of at least 4 members (excludes halogenated alkanes) is 21. The van der Waals surface area contributed by atoms with Gasteiger partial charge in [0.25, 0.3) is 0 Å². The van der Waals surface area contributed by atoms with Crippen molar-refractivity contribution in [2.75, 3.05) is 40.5 Å². The second-order valence-electron chi connectivity index (χ2n) is 28.2. The van der Waals surface area contributed by atoms with Crippen molar-refractivity contribution in [1.29, 1.82) is 0 Å². The molecule has 4 fully saturated rings. The highest BCUT2D eigenvalue weighted by molar-refractivity contribution is 5.77. The molecule has 12 atom stereocenters. The van der Waals surface area contributed by atoms with Crippen LogP contribution in [0.1, 0.15) is 281 Å². The number of rotatable bonds is 51. The maximum atomic E-state index is 13.8. The second-order valence-corrected chi connectivity index (χ2v) is 28.2. The van der Waals surface area contributed by atoms with Gasteiger partial charge in [0.2, 0.25) is 0 Å². The molecule has 4 saturated heterocycles. The Kier molecular flexibility index (Phi) is 38.8. The van der Waals surface area contributed by atoms with Crippen molar-refractivity contribution in [3.8, 4) is 0 Å². The molecule has 0 radical (unpaired) electrons. The summed E-state index contributed by atoms with van der Waals surface area (Å²) < 4.78 is 47.4. The Morgan fingerprint density at radius 1 is 0.474 bits per heavy atom. The first kappa shape index (κ1) is 80.5. The summed E-state index contributed by atoms with van der Waals surface area (Å²) in [5, 5.41) is 22.5. The van der Waals surface area contributed by atoms with Crippen LogP contribution >= 0.6 is 0 Å². The highest BCUT2D eigenvalue weighted by Gasteiger charge is 2.53. The van der Waals surface area contributed by atoms with Crippen molar-refractivity contribution in [2.45, 2.75) is 318 Å². The molecule has 0 amide bonds. The summed E-state index contributed by atoms with van der Waals surface area (Å²) in [7, 11) is 2.83. The molecule has 2 N–H and O–H groups in total. The minimum Gasteiger partial charge on any atom is -0.469 e. The van der Waals surface area contributed by atoms with Crippen LogP contribution in [0.25, 0.3) is 0 Å². The maximum Gasteiger partial charge on any atom is 0.320 e. The van der Waals surface area contributed by atoms with Crippen LogP contribution in [-0.2, 0) is 57.2 Å². The number of halogens is 1. The number of hydrogen-bond acceptors (Lipinski definition) is 16. The van der Waals surface area contributed by atoms with Gasteiger partial charge in [-0.25, -0.2) is 4.39 Å². The normalized spacial score (nSPS) is 22.1. The molecule has 8 unspecified atom stereocenters. The van der Waals surface area contributed by atoms with Gasteiger partial charge in [-0.05, 0) is 152 Å². The van der Waals surface area contributed by atoms with Crippen molar-refractivity contribution in [1.82, 2.24) is 9.80 Å². The number of carbonyl (C=O) groups excluding carboxylic acids is 6. The van der Waals surface area contributed by atoms with Gasteiger partial charge in [0.1, 0.15) is 18.0 Å². The van der Waals surface area contributed by atoms with Crippen molar-refractivity contribution in [3.63, 3.8) is 0 Å². The average Bonchev–Trinajstić information content (AvgIpc) is 1.69. The van der Waals surface area contributed by atoms with Crippen LogP contribution in [-0.4, -0.2) is 145 Å². The molecular formula is C80H123FN2O14. The second kappa shape index (κ2) is 46.8. The maximum absolute atomic E-state index is 13.8. The number of piperidine rings is 2. The zero-order valence-corrected chi connectivity index (χ0v) is 59.7. The molecular weight excluding hydrogens is 1230 g/mol. The Labute approximate surface area is 581 Å². The molecule has 4 heterocycles. The van der Waals surface area contributed by atoms with Crippen LogP contribution in [0.5, 0.6) is 0 Å². The van der Waals surface area contributed by atoms with Crippen molar-refractivity contribution in [3.05, 3.63) is 95.8 Å². The molecule has 2 aromatic carbocycles. The summed E-state index contributed by atoms with van der Waals surface area (Å²) in [5.41, 5.74) is 2.03. The Morgan fingerprint density at radius 3 is 1.28 bits per heavy atom. The first-order valence-electron chi connectivity index (χ1n) is 38.1. The lowest BCUT2D eigenvalue weighted by molar-refractivity contribution is -0.161. The minimum absolute atomic E-state index is 0.0417. The molecule has 0 spiro atoms. The predicted octanol–water partition coefficient (Wildman–Crippen LogP) is 16.0. The smallest absolute Gasteiger partial charge is 0.320 e. The van der Waals surface area contributed by atoms with Crippen molar-refractivity contribution in [2.24, 2.45) is 11.8 Å². The number of ether oxygens (including phenoxy) is 6. The minimum atomic E-state index is -0.821. The molecule has 4 aliphatic rings. The van der Waals surface area contributed by atoms with Gasteiger partial charge in [-0.3, -0.25) is 38.6 Å². The number of benzene rings is 2. The Bertz CT molecular complexity index is 2620. The summed E-state index contributed by atoms with van der Waals surface area (Å²) in [6.45, 7) is 5.34. The lowest BCUT2D eigenvalue weighted by Crippen LogP contribution is -2.53. The molecule has 0 aromatic heterocycles. The summed E-state index contributed by atoms with van der Waals surface area (Å²) in [6, 6.07) is 16.5. The molecule has 544 valence electrons. The van der Waals surface area contributed by atoms with E-state index in [1.807, 2.05) is 30.4 Å². The highest BCUT2D eigenvalue weighted by atomic mass is 19.1. The number of aliphatic hydroxyl groups is 2. The largest absolute Gasteiger partial charge is 0.469 e. The van der Waals surface area contributed by atoms with E-state index in [0.29, 0.717) is 58.2 Å². The molecule has 17 heteroatoms. The average molecular weight is 1360 g/mol. The van der Waals surface area contributed by atoms with Crippen molar-refractivity contribution < 1.29 is 71.8 Å². The Hall–Kier alpha value is -5.49. The van der Waals surface area contributed by atoms with E-state index in [0.717, 1.165) is 210 Å². The van der Waals surface area contributed by atoms with Gasteiger partial charge >= 0.3 is 35.8 Å². The van der Waals surface area contributed by atoms with E-state index in [4.69, 9.17) is 28.4 Å². The van der Waals surface area contributed by atoms with Crippen LogP contribution in [0.2, 0.25) is 0 Å².